The van der Waals surface area contributed by atoms with E-state index in [9.17, 15) is 9.59 Å². The van der Waals surface area contributed by atoms with Crippen LogP contribution >= 0.6 is 0 Å². The Morgan fingerprint density at radius 1 is 1.69 bits per heavy atom. The number of carbonyl (C=O) groups excluding carboxylic acids is 1. The van der Waals surface area contributed by atoms with Gasteiger partial charge in [0.2, 0.25) is 5.91 Å². The van der Waals surface area contributed by atoms with Crippen LogP contribution in [0, 0.1) is 0 Å². The van der Waals surface area contributed by atoms with Crippen LogP contribution in [0.25, 0.3) is 0 Å². The molecule has 0 aliphatic heterocycles. The number of hydrogen-bond acceptors (Lipinski definition) is 4. The summed E-state index contributed by atoms with van der Waals surface area (Å²) in [5.74, 6) is -1.53. The topological polar surface area (TPSA) is 110 Å². The van der Waals surface area contributed by atoms with Crippen molar-refractivity contribution in [2.75, 3.05) is 0 Å². The third-order valence-electron chi connectivity index (χ3n) is 2.29. The largest absolute Gasteiger partial charge is 0.478 e. The molecule has 0 radical (unpaired) electrons. The molecule has 0 aliphatic carbocycles. The number of hydrogen-bond donors (Lipinski definition) is 3. The van der Waals surface area contributed by atoms with Gasteiger partial charge in [0.15, 0.2) is 0 Å². The quantitative estimate of drug-likeness (QED) is 0.601. The molecule has 0 spiro atoms. The van der Waals surface area contributed by atoms with Crippen molar-refractivity contribution in [3.05, 3.63) is 17.5 Å². The molecule has 1 rings (SSSR count). The number of carboxylic acids is 1. The SMILES string of the molecule is CC(NCc1c(C(=O)O)cnn1C)C(N)=O. The summed E-state index contributed by atoms with van der Waals surface area (Å²) in [6, 6.07) is -0.517. The van der Waals surface area contributed by atoms with Crippen LogP contribution in [-0.4, -0.2) is 32.8 Å². The molecule has 0 aromatic carbocycles. The van der Waals surface area contributed by atoms with E-state index in [0.29, 0.717) is 5.69 Å². The lowest BCUT2D eigenvalue weighted by Crippen LogP contribution is -2.38. The Morgan fingerprint density at radius 3 is 2.81 bits per heavy atom. The minimum atomic E-state index is -1.04. The maximum absolute atomic E-state index is 10.8. The molecule has 1 unspecified atom stereocenters. The maximum atomic E-state index is 10.8. The molecule has 1 heterocycles. The van der Waals surface area contributed by atoms with Gasteiger partial charge < -0.3 is 16.2 Å². The van der Waals surface area contributed by atoms with Crippen molar-refractivity contribution in [3.8, 4) is 0 Å². The van der Waals surface area contributed by atoms with E-state index >= 15 is 0 Å². The molecule has 0 saturated carbocycles. The Balaban J connectivity index is 2.77. The van der Waals surface area contributed by atoms with Gasteiger partial charge in [0.05, 0.1) is 17.9 Å². The van der Waals surface area contributed by atoms with Gasteiger partial charge in [-0.3, -0.25) is 9.48 Å². The first-order valence-corrected chi connectivity index (χ1v) is 4.70. The number of aryl methyl sites for hydroxylation is 1. The Hall–Kier alpha value is -1.89. The number of aromatic carboxylic acids is 1. The number of primary amides is 1. The van der Waals surface area contributed by atoms with E-state index in [2.05, 4.69) is 10.4 Å². The summed E-state index contributed by atoms with van der Waals surface area (Å²) in [6.07, 6.45) is 1.27. The van der Waals surface area contributed by atoms with E-state index in [1.54, 1.807) is 14.0 Å². The minimum absolute atomic E-state index is 0.117. The number of rotatable bonds is 5. The number of nitrogens with one attached hydrogen (secondary N) is 1. The lowest BCUT2D eigenvalue weighted by Gasteiger charge is -2.10. The van der Waals surface area contributed by atoms with Gasteiger partial charge >= 0.3 is 5.97 Å². The molecule has 7 heteroatoms. The number of carbonyl (C=O) groups is 2. The molecule has 88 valence electrons. The molecule has 1 atom stereocenters. The second kappa shape index (κ2) is 4.75. The van der Waals surface area contributed by atoms with Crippen molar-refractivity contribution in [3.63, 3.8) is 0 Å². The predicted octanol–water partition coefficient (Wildman–Crippen LogP) is -0.918. The van der Waals surface area contributed by atoms with E-state index in [1.807, 2.05) is 0 Å². The fourth-order valence-corrected chi connectivity index (χ4v) is 1.20. The summed E-state index contributed by atoms with van der Waals surface area (Å²) in [6.45, 7) is 1.83. The summed E-state index contributed by atoms with van der Waals surface area (Å²) >= 11 is 0. The van der Waals surface area contributed by atoms with Gasteiger partial charge in [0.25, 0.3) is 0 Å². The second-order valence-corrected chi connectivity index (χ2v) is 3.44. The zero-order chi connectivity index (χ0) is 12.3. The Labute approximate surface area is 92.2 Å². The summed E-state index contributed by atoms with van der Waals surface area (Å²) in [5.41, 5.74) is 5.69. The van der Waals surface area contributed by atoms with E-state index in [1.165, 1.54) is 10.9 Å². The highest BCUT2D eigenvalue weighted by molar-refractivity contribution is 5.88. The van der Waals surface area contributed by atoms with Crippen molar-refractivity contribution in [1.82, 2.24) is 15.1 Å². The van der Waals surface area contributed by atoms with Gasteiger partial charge in [-0.05, 0) is 6.92 Å². The normalized spacial score (nSPS) is 12.4. The molecular formula is C9H14N4O3. The van der Waals surface area contributed by atoms with Gasteiger partial charge in [-0.25, -0.2) is 4.79 Å². The van der Waals surface area contributed by atoms with Crippen LogP contribution in [0.1, 0.15) is 23.0 Å². The molecule has 7 nitrogen and oxygen atoms in total. The fourth-order valence-electron chi connectivity index (χ4n) is 1.20. The number of nitrogens with zero attached hydrogens (tertiary/aromatic N) is 2. The van der Waals surface area contributed by atoms with Crippen LogP contribution < -0.4 is 11.1 Å². The molecule has 16 heavy (non-hydrogen) atoms. The Kier molecular flexibility index (Phi) is 3.62. The van der Waals surface area contributed by atoms with Crippen molar-refractivity contribution >= 4 is 11.9 Å². The molecule has 0 bridgehead atoms. The van der Waals surface area contributed by atoms with Crippen molar-refractivity contribution in [2.24, 2.45) is 12.8 Å². The summed E-state index contributed by atoms with van der Waals surface area (Å²) < 4.78 is 1.45. The zero-order valence-electron chi connectivity index (χ0n) is 9.10. The monoisotopic (exact) mass is 226 g/mol. The molecule has 0 fully saturated rings. The van der Waals surface area contributed by atoms with Crippen LogP contribution in [0.3, 0.4) is 0 Å². The predicted molar refractivity (Wildman–Crippen MR) is 55.7 cm³/mol. The standard InChI is InChI=1S/C9H14N4O3/c1-5(8(10)14)11-4-7-6(9(15)16)3-12-13(7)2/h3,5,11H,4H2,1-2H3,(H2,10,14)(H,15,16). The molecule has 1 amide bonds. The summed E-state index contributed by atoms with van der Waals surface area (Å²) in [5, 5.41) is 15.5. The van der Waals surface area contributed by atoms with Gasteiger partial charge in [0.1, 0.15) is 5.56 Å². The van der Waals surface area contributed by atoms with Crippen LogP contribution in [0.2, 0.25) is 0 Å². The summed E-state index contributed by atoms with van der Waals surface area (Å²) in [7, 11) is 1.64. The van der Waals surface area contributed by atoms with Gasteiger partial charge in [0, 0.05) is 13.6 Å². The van der Waals surface area contributed by atoms with Crippen molar-refractivity contribution in [2.45, 2.75) is 19.5 Å². The zero-order valence-corrected chi connectivity index (χ0v) is 9.10. The highest BCUT2D eigenvalue weighted by atomic mass is 16.4. The van der Waals surface area contributed by atoms with Gasteiger partial charge in [-0.1, -0.05) is 0 Å². The smallest absolute Gasteiger partial charge is 0.339 e. The van der Waals surface area contributed by atoms with E-state index in [-0.39, 0.29) is 12.1 Å². The molecule has 1 aromatic heterocycles. The lowest BCUT2D eigenvalue weighted by molar-refractivity contribution is -0.119. The molecule has 0 aliphatic rings. The van der Waals surface area contributed by atoms with Crippen molar-refractivity contribution < 1.29 is 14.7 Å². The van der Waals surface area contributed by atoms with E-state index < -0.39 is 17.9 Å². The van der Waals surface area contributed by atoms with E-state index in [4.69, 9.17) is 10.8 Å². The first kappa shape index (κ1) is 12.2. The molecule has 1 aromatic rings. The highest BCUT2D eigenvalue weighted by Gasteiger charge is 2.16. The molecule has 4 N–H and O–H groups in total. The average Bonchev–Trinajstić information content (AvgIpc) is 2.56. The van der Waals surface area contributed by atoms with E-state index in [0.717, 1.165) is 0 Å². The third kappa shape index (κ3) is 2.57. The first-order valence-electron chi connectivity index (χ1n) is 4.70. The average molecular weight is 226 g/mol. The second-order valence-electron chi connectivity index (χ2n) is 3.44. The van der Waals surface area contributed by atoms with Gasteiger partial charge in [-0.15, -0.1) is 0 Å². The highest BCUT2D eigenvalue weighted by Crippen LogP contribution is 2.07. The fraction of sp³-hybridized carbons (Fsp3) is 0.444. The summed E-state index contributed by atoms with van der Waals surface area (Å²) in [4.78, 5) is 21.6. The first-order chi connectivity index (χ1) is 7.43. The maximum Gasteiger partial charge on any atom is 0.339 e. The van der Waals surface area contributed by atoms with Gasteiger partial charge in [-0.2, -0.15) is 5.10 Å². The third-order valence-corrected chi connectivity index (χ3v) is 2.29. The number of carboxylic acid groups (broad SMARTS) is 1. The Bertz CT molecular complexity index is 413. The lowest BCUT2D eigenvalue weighted by atomic mass is 10.2. The van der Waals surface area contributed by atoms with Crippen LogP contribution in [0.5, 0.6) is 0 Å². The van der Waals surface area contributed by atoms with Crippen LogP contribution in [-0.2, 0) is 18.4 Å². The Morgan fingerprint density at radius 2 is 2.31 bits per heavy atom. The number of aromatic nitrogens is 2. The number of nitrogens with two attached hydrogens (primary N) is 1. The van der Waals surface area contributed by atoms with Crippen LogP contribution in [0.4, 0.5) is 0 Å². The molecule has 0 saturated heterocycles. The molecular weight excluding hydrogens is 212 g/mol. The van der Waals surface area contributed by atoms with Crippen molar-refractivity contribution in [1.29, 1.82) is 0 Å². The van der Waals surface area contributed by atoms with Crippen LogP contribution in [0.15, 0.2) is 6.20 Å². The minimum Gasteiger partial charge on any atom is -0.478 e. The number of amides is 1.